The Morgan fingerprint density at radius 3 is 2.38 bits per heavy atom. The summed E-state index contributed by atoms with van der Waals surface area (Å²) in [6.07, 6.45) is 0.872. The van der Waals surface area contributed by atoms with Crippen molar-refractivity contribution in [2.45, 2.75) is 23.0 Å². The van der Waals surface area contributed by atoms with Gasteiger partial charge in [0.25, 0.3) is 0 Å². The summed E-state index contributed by atoms with van der Waals surface area (Å²) >= 11 is 7.27. The second-order valence-corrected chi connectivity index (χ2v) is 8.75. The zero-order chi connectivity index (χ0) is 17.2. The van der Waals surface area contributed by atoms with Gasteiger partial charge >= 0.3 is 0 Å². The van der Waals surface area contributed by atoms with Crippen LogP contribution in [0, 0.1) is 30.6 Å². The molecular weight excluding hydrogens is 446 g/mol. The number of likely N-dealkylation sites (tertiary alicyclic amines) is 1. The number of hydrogen-bond acceptors (Lipinski definition) is 5. The van der Waals surface area contributed by atoms with E-state index in [1.807, 2.05) is 0 Å². The molecule has 2 heterocycles. The highest BCUT2D eigenvalue weighted by molar-refractivity contribution is 9.12. The zero-order valence-electron chi connectivity index (χ0n) is 12.7. The lowest BCUT2D eigenvalue weighted by molar-refractivity contribution is -0.143. The third-order valence-corrected chi connectivity index (χ3v) is 8.48. The van der Waals surface area contributed by atoms with E-state index in [2.05, 4.69) is 42.3 Å². The summed E-state index contributed by atoms with van der Waals surface area (Å²) in [5, 5.41) is 6.22. The van der Waals surface area contributed by atoms with Crippen LogP contribution in [0.1, 0.15) is 12.2 Å². The number of rotatable bonds is 3. The Hall–Kier alpha value is -1.22. The van der Waals surface area contributed by atoms with E-state index in [0.717, 1.165) is 11.3 Å². The van der Waals surface area contributed by atoms with Crippen LogP contribution >= 0.6 is 31.9 Å². The molecule has 2 bridgehead atoms. The molecule has 1 aromatic heterocycles. The van der Waals surface area contributed by atoms with Crippen LogP contribution in [-0.2, 0) is 14.4 Å². The number of imide groups is 1. The van der Waals surface area contributed by atoms with Gasteiger partial charge in [-0.2, -0.15) is 0 Å². The number of aryl methyl sites for hydroxylation is 1. The monoisotopic (exact) mass is 459 g/mol. The maximum atomic E-state index is 12.7. The van der Waals surface area contributed by atoms with Gasteiger partial charge in [-0.3, -0.25) is 19.3 Å². The molecule has 3 amide bonds. The van der Waals surface area contributed by atoms with Gasteiger partial charge < -0.3 is 9.84 Å². The minimum absolute atomic E-state index is 0.145. The second-order valence-electron chi connectivity index (χ2n) is 6.64. The fraction of sp³-hybridized carbons (Fsp3) is 0.600. The fourth-order valence-corrected chi connectivity index (χ4v) is 6.19. The Morgan fingerprint density at radius 2 is 1.88 bits per heavy atom. The molecule has 0 aromatic carbocycles. The molecule has 4 rings (SSSR count). The van der Waals surface area contributed by atoms with Crippen LogP contribution < -0.4 is 5.32 Å². The summed E-state index contributed by atoms with van der Waals surface area (Å²) < 4.78 is 4.88. The number of alkyl halides is 2. The van der Waals surface area contributed by atoms with Crippen LogP contribution in [0.25, 0.3) is 0 Å². The zero-order valence-corrected chi connectivity index (χ0v) is 15.9. The van der Waals surface area contributed by atoms with Crippen LogP contribution in [-0.4, -0.2) is 44.0 Å². The van der Waals surface area contributed by atoms with Gasteiger partial charge in [0.2, 0.25) is 17.7 Å². The van der Waals surface area contributed by atoms with Gasteiger partial charge in [0.1, 0.15) is 12.3 Å². The third kappa shape index (κ3) is 2.28. The molecule has 3 aliphatic rings. The predicted octanol–water partition coefficient (Wildman–Crippen LogP) is 1.70. The van der Waals surface area contributed by atoms with Crippen molar-refractivity contribution >= 4 is 55.4 Å². The summed E-state index contributed by atoms with van der Waals surface area (Å²) in [6, 6.07) is 1.57. The molecule has 0 radical (unpaired) electrons. The van der Waals surface area contributed by atoms with Crippen molar-refractivity contribution in [3.8, 4) is 0 Å². The standard InChI is InChI=1S/C15H15Br2N3O4/c1-5-2-8(19-24-5)18-9(21)4-20-14(22)10-6-3-7(11(10)15(20)23)13(17)12(6)16/h2,6-7,10-13H,3-4H2,1H3,(H,18,19,21)/t6-,7+,10+,11-,12-,13+. The summed E-state index contributed by atoms with van der Waals surface area (Å²) in [6.45, 7) is 1.43. The minimum atomic E-state index is -0.455. The summed E-state index contributed by atoms with van der Waals surface area (Å²) in [5.41, 5.74) is 0. The van der Waals surface area contributed by atoms with Gasteiger partial charge in [0.15, 0.2) is 5.82 Å². The molecule has 128 valence electrons. The van der Waals surface area contributed by atoms with Crippen LogP contribution in [0.3, 0.4) is 0 Å². The fourth-order valence-electron chi connectivity index (χ4n) is 4.32. The minimum Gasteiger partial charge on any atom is -0.360 e. The lowest BCUT2D eigenvalue weighted by Crippen LogP contribution is -2.39. The van der Waals surface area contributed by atoms with E-state index >= 15 is 0 Å². The topological polar surface area (TPSA) is 92.5 Å². The van der Waals surface area contributed by atoms with Gasteiger partial charge in [-0.05, 0) is 25.2 Å². The summed E-state index contributed by atoms with van der Waals surface area (Å²) in [4.78, 5) is 39.0. The number of halogens is 2. The first-order valence-electron chi connectivity index (χ1n) is 7.75. The highest BCUT2D eigenvalue weighted by Crippen LogP contribution is 2.60. The Bertz CT molecular complexity index is 704. The van der Waals surface area contributed by atoms with Crippen molar-refractivity contribution in [2.75, 3.05) is 11.9 Å². The maximum Gasteiger partial charge on any atom is 0.245 e. The molecule has 1 aliphatic heterocycles. The molecule has 0 spiro atoms. The molecule has 1 N–H and O–H groups in total. The average Bonchev–Trinajstić information content (AvgIpc) is 3.23. The van der Waals surface area contributed by atoms with E-state index in [9.17, 15) is 14.4 Å². The highest BCUT2D eigenvalue weighted by atomic mass is 79.9. The first-order valence-corrected chi connectivity index (χ1v) is 9.58. The van der Waals surface area contributed by atoms with E-state index in [1.165, 1.54) is 0 Å². The third-order valence-electron chi connectivity index (χ3n) is 5.28. The number of fused-ring (bicyclic) bond motifs is 5. The van der Waals surface area contributed by atoms with Crippen LogP contribution in [0.2, 0.25) is 0 Å². The maximum absolute atomic E-state index is 12.7. The van der Waals surface area contributed by atoms with Gasteiger partial charge in [0.05, 0.1) is 11.8 Å². The number of anilines is 1. The lowest BCUT2D eigenvalue weighted by atomic mass is 9.81. The molecule has 2 saturated carbocycles. The molecule has 24 heavy (non-hydrogen) atoms. The van der Waals surface area contributed by atoms with Gasteiger partial charge in [-0.25, -0.2) is 0 Å². The molecule has 9 heteroatoms. The number of amides is 3. The first kappa shape index (κ1) is 16.3. The van der Waals surface area contributed by atoms with E-state index in [-0.39, 0.29) is 57.5 Å². The molecule has 1 aromatic rings. The van der Waals surface area contributed by atoms with Gasteiger partial charge in [0, 0.05) is 15.7 Å². The van der Waals surface area contributed by atoms with Crippen molar-refractivity contribution in [1.29, 1.82) is 0 Å². The molecule has 1 saturated heterocycles. The highest BCUT2D eigenvalue weighted by Gasteiger charge is 2.66. The van der Waals surface area contributed by atoms with Crippen LogP contribution in [0.4, 0.5) is 5.82 Å². The quantitative estimate of drug-likeness (QED) is 0.547. The van der Waals surface area contributed by atoms with E-state index in [0.29, 0.717) is 5.76 Å². The summed E-state index contributed by atoms with van der Waals surface area (Å²) in [5.74, 6) is -0.386. The molecule has 2 aliphatic carbocycles. The Labute approximate surface area is 154 Å². The summed E-state index contributed by atoms with van der Waals surface area (Å²) in [7, 11) is 0. The molecule has 3 fully saturated rings. The number of nitrogens with one attached hydrogen (secondary N) is 1. The van der Waals surface area contributed by atoms with Crippen molar-refractivity contribution < 1.29 is 18.9 Å². The number of carbonyl (C=O) groups is 3. The van der Waals surface area contributed by atoms with Crippen LogP contribution in [0.5, 0.6) is 0 Å². The average molecular weight is 461 g/mol. The van der Waals surface area contributed by atoms with Crippen LogP contribution in [0.15, 0.2) is 10.6 Å². The van der Waals surface area contributed by atoms with Crippen molar-refractivity contribution in [3.05, 3.63) is 11.8 Å². The Morgan fingerprint density at radius 1 is 1.29 bits per heavy atom. The first-order chi connectivity index (χ1) is 11.4. The van der Waals surface area contributed by atoms with Crippen molar-refractivity contribution in [3.63, 3.8) is 0 Å². The van der Waals surface area contributed by atoms with Crippen molar-refractivity contribution in [1.82, 2.24) is 10.1 Å². The van der Waals surface area contributed by atoms with E-state index in [1.54, 1.807) is 13.0 Å². The number of nitrogens with zero attached hydrogens (tertiary/aromatic N) is 2. The van der Waals surface area contributed by atoms with E-state index in [4.69, 9.17) is 4.52 Å². The number of carbonyl (C=O) groups excluding carboxylic acids is 3. The SMILES string of the molecule is Cc1cc(NC(=O)CN2C(=O)[C@@H]3[C@@H]4C[C@@H]([C@@H](Br)[C@H]4Br)[C@@H]3C2=O)no1. The Kier molecular flexibility index (Phi) is 3.83. The predicted molar refractivity (Wildman–Crippen MR) is 90.6 cm³/mol. The van der Waals surface area contributed by atoms with E-state index < -0.39 is 5.91 Å². The molecule has 7 nitrogen and oxygen atoms in total. The largest absolute Gasteiger partial charge is 0.360 e. The molecule has 6 atom stereocenters. The van der Waals surface area contributed by atoms with Crippen molar-refractivity contribution in [2.24, 2.45) is 23.7 Å². The number of aromatic nitrogens is 1. The smallest absolute Gasteiger partial charge is 0.245 e. The normalized spacial score (nSPS) is 37.2. The number of hydrogen-bond donors (Lipinski definition) is 1. The lowest BCUT2D eigenvalue weighted by Gasteiger charge is -2.28. The second kappa shape index (κ2) is 5.66. The molecular formula is C15H15Br2N3O4. The van der Waals surface area contributed by atoms with Gasteiger partial charge in [-0.1, -0.05) is 37.0 Å². The Balaban J connectivity index is 1.48. The molecule has 0 unspecified atom stereocenters. The van der Waals surface area contributed by atoms with Gasteiger partial charge in [-0.15, -0.1) is 0 Å².